The molecule has 0 saturated carbocycles. The Hall–Kier alpha value is -2.95. The number of nitrogens with zero attached hydrogens (tertiary/aromatic N) is 3. The second-order valence-electron chi connectivity index (χ2n) is 11.0. The van der Waals surface area contributed by atoms with E-state index in [1.165, 1.54) is 17.7 Å². The molecule has 10 heteroatoms. The van der Waals surface area contributed by atoms with Gasteiger partial charge in [0.1, 0.15) is 0 Å². The SMILES string of the molecule is Cc1cc(CN2C3CCC2CN(Cc2ccc(-c4ccc(C(O)(C(F)(F)F)C(F)(F)F)cc4)c(C)c2)C3)ccn1. The summed E-state index contributed by atoms with van der Waals surface area (Å²) in [4.78, 5) is 9.34. The van der Waals surface area contributed by atoms with E-state index in [1.807, 2.05) is 38.2 Å². The van der Waals surface area contributed by atoms with E-state index in [0.717, 1.165) is 55.8 Å². The van der Waals surface area contributed by atoms with Crippen molar-refractivity contribution in [2.45, 2.75) is 69.8 Å². The van der Waals surface area contributed by atoms with Crippen LogP contribution in [0, 0.1) is 13.8 Å². The maximum atomic E-state index is 13.2. The molecule has 2 bridgehead atoms. The van der Waals surface area contributed by atoms with E-state index in [9.17, 15) is 31.4 Å². The summed E-state index contributed by atoms with van der Waals surface area (Å²) in [6.07, 6.45) is -7.64. The molecule has 2 unspecified atom stereocenters. The number of benzene rings is 2. The summed E-state index contributed by atoms with van der Waals surface area (Å²) in [5, 5.41) is 9.65. The molecule has 3 heterocycles. The molecule has 2 aromatic carbocycles. The van der Waals surface area contributed by atoms with E-state index in [4.69, 9.17) is 0 Å². The number of hydrogen-bond donors (Lipinski definition) is 1. The highest BCUT2D eigenvalue weighted by atomic mass is 19.4. The van der Waals surface area contributed by atoms with Gasteiger partial charge in [-0.2, -0.15) is 26.3 Å². The summed E-state index contributed by atoms with van der Waals surface area (Å²) in [5.41, 5.74) is -0.772. The largest absolute Gasteiger partial charge is 0.430 e. The van der Waals surface area contributed by atoms with Crippen molar-refractivity contribution in [3.8, 4) is 11.1 Å². The average Bonchev–Trinajstić information content (AvgIpc) is 3.09. The number of piperazine rings is 1. The highest BCUT2D eigenvalue weighted by Crippen LogP contribution is 2.50. The Morgan fingerprint density at radius 2 is 1.40 bits per heavy atom. The van der Waals surface area contributed by atoms with Crippen molar-refractivity contribution in [1.82, 2.24) is 14.8 Å². The maximum absolute atomic E-state index is 13.2. The van der Waals surface area contributed by atoms with Gasteiger partial charge in [0.15, 0.2) is 0 Å². The third-order valence-electron chi connectivity index (χ3n) is 8.17. The number of aliphatic hydroxyl groups is 1. The minimum Gasteiger partial charge on any atom is -0.369 e. The van der Waals surface area contributed by atoms with Crippen molar-refractivity contribution < 1.29 is 31.4 Å². The quantitative estimate of drug-likeness (QED) is 0.347. The van der Waals surface area contributed by atoms with Crippen molar-refractivity contribution in [1.29, 1.82) is 0 Å². The number of alkyl halides is 6. The summed E-state index contributed by atoms with van der Waals surface area (Å²) in [7, 11) is 0. The fourth-order valence-electron chi connectivity index (χ4n) is 6.16. The number of hydrogen-bond acceptors (Lipinski definition) is 4. The van der Waals surface area contributed by atoms with Crippen LogP contribution in [-0.4, -0.2) is 57.4 Å². The lowest BCUT2D eigenvalue weighted by Crippen LogP contribution is -2.53. The molecule has 0 amide bonds. The van der Waals surface area contributed by atoms with Gasteiger partial charge in [-0.3, -0.25) is 14.8 Å². The van der Waals surface area contributed by atoms with Crippen molar-refractivity contribution in [3.05, 3.63) is 88.7 Å². The summed E-state index contributed by atoms with van der Waals surface area (Å²) in [6.45, 7) is 7.47. The Bertz CT molecular complexity index is 1330. The Morgan fingerprint density at radius 3 is 1.95 bits per heavy atom. The van der Waals surface area contributed by atoms with Gasteiger partial charge in [-0.25, -0.2) is 0 Å². The number of aromatic nitrogens is 1. The summed E-state index contributed by atoms with van der Waals surface area (Å²) >= 11 is 0. The molecule has 214 valence electrons. The van der Waals surface area contributed by atoms with Crippen LogP contribution in [0.2, 0.25) is 0 Å². The Labute approximate surface area is 229 Å². The molecule has 2 saturated heterocycles. The normalized spacial score (nSPS) is 20.7. The van der Waals surface area contributed by atoms with E-state index in [0.29, 0.717) is 35.3 Å². The summed E-state index contributed by atoms with van der Waals surface area (Å²) in [5.74, 6) is 0. The molecular formula is C30H31F6N3O. The van der Waals surface area contributed by atoms with E-state index in [1.54, 1.807) is 0 Å². The zero-order valence-electron chi connectivity index (χ0n) is 22.2. The van der Waals surface area contributed by atoms with Crippen LogP contribution in [0.25, 0.3) is 11.1 Å². The lowest BCUT2D eigenvalue weighted by molar-refractivity contribution is -0.376. The molecule has 1 aromatic heterocycles. The minimum absolute atomic E-state index is 0.470. The monoisotopic (exact) mass is 563 g/mol. The van der Waals surface area contributed by atoms with Crippen LogP contribution in [0.3, 0.4) is 0 Å². The number of pyridine rings is 1. The number of likely N-dealkylation sites (tertiary alicyclic amines) is 1. The average molecular weight is 564 g/mol. The van der Waals surface area contributed by atoms with Gasteiger partial charge in [0, 0.05) is 55.7 Å². The lowest BCUT2D eigenvalue weighted by atomic mass is 9.90. The molecule has 0 spiro atoms. The van der Waals surface area contributed by atoms with Crippen molar-refractivity contribution in [2.24, 2.45) is 0 Å². The molecule has 2 atom stereocenters. The van der Waals surface area contributed by atoms with Gasteiger partial charge in [-0.05, 0) is 66.6 Å². The number of halogens is 6. The molecule has 0 radical (unpaired) electrons. The van der Waals surface area contributed by atoms with Crippen LogP contribution in [0.4, 0.5) is 26.3 Å². The Balaban J connectivity index is 1.27. The number of fused-ring (bicyclic) bond motifs is 2. The molecule has 4 nitrogen and oxygen atoms in total. The molecule has 2 aliphatic rings. The van der Waals surface area contributed by atoms with Gasteiger partial charge in [0.25, 0.3) is 5.60 Å². The highest BCUT2D eigenvalue weighted by molar-refractivity contribution is 5.68. The van der Waals surface area contributed by atoms with E-state index in [-0.39, 0.29) is 0 Å². The molecular weight excluding hydrogens is 532 g/mol. The molecule has 40 heavy (non-hydrogen) atoms. The summed E-state index contributed by atoms with van der Waals surface area (Å²) < 4.78 is 79.3. The fraction of sp³-hybridized carbons (Fsp3) is 0.433. The van der Waals surface area contributed by atoms with Gasteiger partial charge in [-0.1, -0.05) is 42.5 Å². The second-order valence-corrected chi connectivity index (χ2v) is 11.0. The number of rotatable bonds is 6. The Kier molecular flexibility index (Phi) is 7.48. The predicted octanol–water partition coefficient (Wildman–Crippen LogP) is 6.53. The van der Waals surface area contributed by atoms with Crippen molar-refractivity contribution in [2.75, 3.05) is 13.1 Å². The van der Waals surface area contributed by atoms with Crippen LogP contribution in [0.15, 0.2) is 60.8 Å². The van der Waals surface area contributed by atoms with Gasteiger partial charge in [0.2, 0.25) is 0 Å². The smallest absolute Gasteiger partial charge is 0.369 e. The zero-order valence-corrected chi connectivity index (χ0v) is 22.2. The van der Waals surface area contributed by atoms with E-state index in [2.05, 4.69) is 26.9 Å². The molecule has 2 aliphatic heterocycles. The first kappa shape index (κ1) is 28.6. The molecule has 2 fully saturated rings. The van der Waals surface area contributed by atoms with Crippen LogP contribution < -0.4 is 0 Å². The Morgan fingerprint density at radius 1 is 0.800 bits per heavy atom. The van der Waals surface area contributed by atoms with Gasteiger partial charge in [-0.15, -0.1) is 0 Å². The summed E-state index contributed by atoms with van der Waals surface area (Å²) in [6, 6.07) is 14.7. The van der Waals surface area contributed by atoms with Crippen molar-refractivity contribution >= 4 is 0 Å². The van der Waals surface area contributed by atoms with Crippen molar-refractivity contribution in [3.63, 3.8) is 0 Å². The lowest BCUT2D eigenvalue weighted by Gasteiger charge is -2.41. The fourth-order valence-corrected chi connectivity index (χ4v) is 6.16. The molecule has 5 rings (SSSR count). The van der Waals surface area contributed by atoms with E-state index < -0.39 is 23.5 Å². The first-order valence-corrected chi connectivity index (χ1v) is 13.2. The minimum atomic E-state index is -5.91. The first-order chi connectivity index (χ1) is 18.8. The second kappa shape index (κ2) is 10.5. The van der Waals surface area contributed by atoms with E-state index >= 15 is 0 Å². The van der Waals surface area contributed by atoms with Crippen LogP contribution in [0.1, 0.15) is 40.8 Å². The zero-order chi connectivity index (χ0) is 28.9. The third-order valence-corrected chi connectivity index (χ3v) is 8.17. The van der Waals surface area contributed by atoms with Gasteiger partial charge in [0.05, 0.1) is 0 Å². The van der Waals surface area contributed by atoms with Crippen LogP contribution in [-0.2, 0) is 18.7 Å². The molecule has 3 aromatic rings. The van der Waals surface area contributed by atoms with Crippen LogP contribution in [0.5, 0.6) is 0 Å². The molecule has 0 aliphatic carbocycles. The molecule has 1 N–H and O–H groups in total. The topological polar surface area (TPSA) is 39.6 Å². The first-order valence-electron chi connectivity index (χ1n) is 13.2. The van der Waals surface area contributed by atoms with Crippen LogP contribution >= 0.6 is 0 Å². The predicted molar refractivity (Wildman–Crippen MR) is 139 cm³/mol. The number of aryl methyl sites for hydroxylation is 2. The third kappa shape index (κ3) is 5.36. The van der Waals surface area contributed by atoms with Gasteiger partial charge < -0.3 is 5.11 Å². The standard InChI is InChI=1S/C30H31F6N3O/c1-19-13-21(15-38-17-25-8-9-26(18-38)39(25)16-22-11-12-37-20(2)14-22)3-10-27(19)23-4-6-24(7-5-23)28(40,29(31,32)33)30(34,35)36/h3-7,10-14,25-26,40H,8-9,15-18H2,1-2H3. The van der Waals surface area contributed by atoms with Gasteiger partial charge >= 0.3 is 12.4 Å². The highest BCUT2D eigenvalue weighted by Gasteiger charge is 2.71. The maximum Gasteiger partial charge on any atom is 0.430 e.